The first-order valence-corrected chi connectivity index (χ1v) is 7.36. The van der Waals surface area contributed by atoms with Gasteiger partial charge >= 0.3 is 0 Å². The van der Waals surface area contributed by atoms with Crippen molar-refractivity contribution < 1.29 is 9.18 Å². The highest BCUT2D eigenvalue weighted by molar-refractivity contribution is 6.33. The molecule has 19 heavy (non-hydrogen) atoms. The third-order valence-electron chi connectivity index (χ3n) is 3.51. The number of amides is 1. The SMILES string of the molecule is O=C(c1ccc(F)cc1Cl)N(CCCl)C1CCCC1. The predicted octanol–water partition coefficient (Wildman–Crippen LogP) is 4.10. The molecule has 0 heterocycles. The van der Waals surface area contributed by atoms with Crippen molar-refractivity contribution in [2.45, 2.75) is 31.7 Å². The van der Waals surface area contributed by atoms with Gasteiger partial charge in [-0.15, -0.1) is 11.6 Å². The first-order chi connectivity index (χ1) is 9.13. The van der Waals surface area contributed by atoms with Crippen molar-refractivity contribution in [1.82, 2.24) is 4.90 Å². The van der Waals surface area contributed by atoms with E-state index in [4.69, 9.17) is 23.2 Å². The summed E-state index contributed by atoms with van der Waals surface area (Å²) in [5, 5.41) is 0.155. The molecule has 0 aliphatic heterocycles. The van der Waals surface area contributed by atoms with Gasteiger partial charge in [-0.05, 0) is 31.0 Å². The lowest BCUT2D eigenvalue weighted by molar-refractivity contribution is 0.0695. The molecule has 1 aliphatic carbocycles. The van der Waals surface area contributed by atoms with Crippen LogP contribution in [0, 0.1) is 5.82 Å². The maximum atomic E-state index is 13.0. The second-order valence-corrected chi connectivity index (χ2v) is 5.54. The van der Waals surface area contributed by atoms with Crippen molar-refractivity contribution in [3.8, 4) is 0 Å². The average Bonchev–Trinajstić information content (AvgIpc) is 2.89. The van der Waals surface area contributed by atoms with E-state index in [0.717, 1.165) is 25.7 Å². The molecule has 104 valence electrons. The summed E-state index contributed by atoms with van der Waals surface area (Å²) >= 11 is 11.7. The van der Waals surface area contributed by atoms with Gasteiger partial charge < -0.3 is 4.90 Å². The molecule has 0 atom stereocenters. The molecule has 0 spiro atoms. The van der Waals surface area contributed by atoms with E-state index in [-0.39, 0.29) is 17.0 Å². The van der Waals surface area contributed by atoms with Crippen LogP contribution in [0.2, 0.25) is 5.02 Å². The molecule has 2 nitrogen and oxygen atoms in total. The van der Waals surface area contributed by atoms with Crippen molar-refractivity contribution in [1.29, 1.82) is 0 Å². The normalized spacial score (nSPS) is 15.7. The van der Waals surface area contributed by atoms with Crippen LogP contribution >= 0.6 is 23.2 Å². The summed E-state index contributed by atoms with van der Waals surface area (Å²) < 4.78 is 13.0. The van der Waals surface area contributed by atoms with Gasteiger partial charge in [0.05, 0.1) is 10.6 Å². The maximum absolute atomic E-state index is 13.0. The summed E-state index contributed by atoms with van der Waals surface area (Å²) in [4.78, 5) is 14.3. The number of alkyl halides is 1. The Labute approximate surface area is 122 Å². The van der Waals surface area contributed by atoms with Gasteiger partial charge in [0.15, 0.2) is 0 Å². The fourth-order valence-electron chi connectivity index (χ4n) is 2.57. The van der Waals surface area contributed by atoms with Gasteiger partial charge in [-0.3, -0.25) is 4.79 Å². The highest BCUT2D eigenvalue weighted by Crippen LogP contribution is 2.27. The van der Waals surface area contributed by atoms with Crippen molar-refractivity contribution in [2.24, 2.45) is 0 Å². The first kappa shape index (κ1) is 14.6. The molecule has 2 rings (SSSR count). The first-order valence-electron chi connectivity index (χ1n) is 6.45. The molecule has 0 radical (unpaired) electrons. The number of carbonyl (C=O) groups excluding carboxylic acids is 1. The molecular formula is C14H16Cl2FNO. The minimum absolute atomic E-state index is 0.155. The van der Waals surface area contributed by atoms with Crippen LogP contribution in [-0.2, 0) is 0 Å². The molecule has 0 unspecified atom stereocenters. The third-order valence-corrected chi connectivity index (χ3v) is 4.00. The molecule has 1 aromatic rings. The predicted molar refractivity (Wildman–Crippen MR) is 75.4 cm³/mol. The van der Waals surface area contributed by atoms with Crippen LogP contribution < -0.4 is 0 Å². The molecule has 1 amide bonds. The van der Waals surface area contributed by atoms with Gasteiger partial charge in [0.1, 0.15) is 5.82 Å². The van der Waals surface area contributed by atoms with Crippen LogP contribution in [0.15, 0.2) is 18.2 Å². The molecule has 1 aliphatic rings. The summed E-state index contributed by atoms with van der Waals surface area (Å²) in [5.74, 6) is -0.204. The molecule has 1 aromatic carbocycles. The minimum atomic E-state index is -0.439. The molecule has 1 fully saturated rings. The van der Waals surface area contributed by atoms with E-state index in [1.54, 1.807) is 4.90 Å². The van der Waals surface area contributed by atoms with Crippen LogP contribution in [0.1, 0.15) is 36.0 Å². The standard InChI is InChI=1S/C14H16Cl2FNO/c15-7-8-18(11-3-1-2-4-11)14(19)12-6-5-10(17)9-13(12)16/h5-6,9,11H,1-4,7-8H2. The number of nitrogens with zero attached hydrogens (tertiary/aromatic N) is 1. The van der Waals surface area contributed by atoms with Crippen LogP contribution in [0.4, 0.5) is 4.39 Å². The molecule has 0 bridgehead atoms. The molecule has 1 saturated carbocycles. The Bertz CT molecular complexity index is 461. The highest BCUT2D eigenvalue weighted by Gasteiger charge is 2.28. The molecule has 5 heteroatoms. The lowest BCUT2D eigenvalue weighted by Gasteiger charge is -2.28. The zero-order valence-corrected chi connectivity index (χ0v) is 12.1. The summed E-state index contributed by atoms with van der Waals surface area (Å²) in [6.07, 6.45) is 4.27. The average molecular weight is 304 g/mol. The highest BCUT2D eigenvalue weighted by atomic mass is 35.5. The number of halogens is 3. The largest absolute Gasteiger partial charge is 0.334 e. The van der Waals surface area contributed by atoms with Gasteiger partial charge in [0.2, 0.25) is 0 Å². The Morgan fingerprint density at radius 1 is 1.37 bits per heavy atom. The van der Waals surface area contributed by atoms with Gasteiger partial charge in [0.25, 0.3) is 5.91 Å². The Balaban J connectivity index is 2.22. The number of hydrogen-bond acceptors (Lipinski definition) is 1. The van der Waals surface area contributed by atoms with Gasteiger partial charge in [-0.25, -0.2) is 4.39 Å². The zero-order valence-electron chi connectivity index (χ0n) is 10.5. The van der Waals surface area contributed by atoms with Gasteiger partial charge in [0, 0.05) is 18.5 Å². The Hall–Kier alpha value is -0.800. The second-order valence-electron chi connectivity index (χ2n) is 4.75. The van der Waals surface area contributed by atoms with Crippen LogP contribution in [-0.4, -0.2) is 29.3 Å². The van der Waals surface area contributed by atoms with E-state index in [1.807, 2.05) is 0 Å². The van der Waals surface area contributed by atoms with E-state index >= 15 is 0 Å². The lowest BCUT2D eigenvalue weighted by atomic mass is 10.1. The minimum Gasteiger partial charge on any atom is -0.334 e. The number of carbonyl (C=O) groups is 1. The molecule has 0 saturated heterocycles. The Morgan fingerprint density at radius 2 is 2.05 bits per heavy atom. The van der Waals surface area contributed by atoms with Crippen molar-refractivity contribution in [2.75, 3.05) is 12.4 Å². The Kier molecular flexibility index (Phi) is 5.06. The van der Waals surface area contributed by atoms with Crippen molar-refractivity contribution in [3.63, 3.8) is 0 Å². The van der Waals surface area contributed by atoms with Crippen LogP contribution in [0.5, 0.6) is 0 Å². The topological polar surface area (TPSA) is 20.3 Å². The van der Waals surface area contributed by atoms with Crippen LogP contribution in [0.25, 0.3) is 0 Å². The zero-order chi connectivity index (χ0) is 13.8. The summed E-state index contributed by atoms with van der Waals surface area (Å²) in [6.45, 7) is 0.499. The number of rotatable bonds is 4. The van der Waals surface area contributed by atoms with Crippen LogP contribution in [0.3, 0.4) is 0 Å². The summed E-state index contributed by atoms with van der Waals surface area (Å²) in [6, 6.07) is 4.10. The molecular weight excluding hydrogens is 288 g/mol. The number of benzene rings is 1. The number of hydrogen-bond donors (Lipinski definition) is 0. The van der Waals surface area contributed by atoms with Crippen molar-refractivity contribution >= 4 is 29.1 Å². The van der Waals surface area contributed by atoms with E-state index in [1.165, 1.54) is 18.2 Å². The lowest BCUT2D eigenvalue weighted by Crippen LogP contribution is -2.40. The quantitative estimate of drug-likeness (QED) is 0.767. The van der Waals surface area contributed by atoms with Gasteiger partial charge in [-0.2, -0.15) is 0 Å². The van der Waals surface area contributed by atoms with E-state index in [9.17, 15) is 9.18 Å². The smallest absolute Gasteiger partial charge is 0.255 e. The summed E-state index contributed by atoms with van der Waals surface area (Å²) in [7, 11) is 0. The molecule has 0 N–H and O–H groups in total. The third kappa shape index (κ3) is 3.40. The van der Waals surface area contributed by atoms with Crippen molar-refractivity contribution in [3.05, 3.63) is 34.6 Å². The Morgan fingerprint density at radius 3 is 2.63 bits per heavy atom. The van der Waals surface area contributed by atoms with E-state index < -0.39 is 5.82 Å². The summed E-state index contributed by atoms with van der Waals surface area (Å²) in [5.41, 5.74) is 0.347. The van der Waals surface area contributed by atoms with Gasteiger partial charge in [-0.1, -0.05) is 24.4 Å². The monoisotopic (exact) mass is 303 g/mol. The fraction of sp³-hybridized carbons (Fsp3) is 0.500. The van der Waals surface area contributed by atoms with E-state index in [2.05, 4.69) is 0 Å². The maximum Gasteiger partial charge on any atom is 0.255 e. The molecule has 0 aromatic heterocycles. The second kappa shape index (κ2) is 6.58. The van der Waals surface area contributed by atoms with E-state index in [0.29, 0.717) is 18.0 Å². The fourth-order valence-corrected chi connectivity index (χ4v) is 3.00.